The molecule has 0 aliphatic rings. The van der Waals surface area contributed by atoms with Gasteiger partial charge in [0.15, 0.2) is 0 Å². The summed E-state index contributed by atoms with van der Waals surface area (Å²) >= 11 is 1.15. The molecule has 0 spiro atoms. The Morgan fingerprint density at radius 2 is 0.750 bits per heavy atom. The zero-order chi connectivity index (χ0) is 20.2. The molecule has 3 N–H and O–H groups in total. The summed E-state index contributed by atoms with van der Waals surface area (Å²) in [4.78, 5) is 0. The monoisotopic (exact) mass is 510 g/mol. The molecule has 0 unspecified atom stereocenters. The van der Waals surface area contributed by atoms with Crippen LogP contribution in [0.15, 0.2) is 3.34 Å². The van der Waals surface area contributed by atoms with Gasteiger partial charge in [0, 0.05) is 0 Å². The van der Waals surface area contributed by atoms with Crippen molar-refractivity contribution in [3.05, 3.63) is 17.2 Å². The molecule has 0 aromatic rings. The van der Waals surface area contributed by atoms with Crippen molar-refractivity contribution in [1.29, 1.82) is 0 Å². The Morgan fingerprint density at radius 1 is 0.625 bits per heavy atom. The zero-order valence-corrected chi connectivity index (χ0v) is 21.1. The van der Waals surface area contributed by atoms with E-state index in [1.54, 1.807) is 0 Å². The fraction of sp³-hybridized carbons (Fsp3) is 1.00. The average Bonchev–Trinajstić information content (AvgIpc) is 2.60. The number of nitrogens with one attached hydrogen (secondary N) is 3. The van der Waals surface area contributed by atoms with Crippen molar-refractivity contribution < 1.29 is 20.9 Å². The molecule has 0 aromatic heterocycles. The van der Waals surface area contributed by atoms with Crippen LogP contribution in [0.5, 0.6) is 0 Å². The van der Waals surface area contributed by atoms with E-state index in [2.05, 4.69) is 24.1 Å². The van der Waals surface area contributed by atoms with Crippen molar-refractivity contribution in [2.24, 2.45) is 3.34 Å². The van der Waals surface area contributed by atoms with E-state index in [0.29, 0.717) is 0 Å². The first-order valence-electron chi connectivity index (χ1n) is 9.48. The van der Waals surface area contributed by atoms with Gasteiger partial charge >= 0.3 is 50.5 Å². The van der Waals surface area contributed by atoms with Crippen LogP contribution in [0.1, 0.15) is 101 Å². The van der Waals surface area contributed by atoms with Gasteiger partial charge < -0.3 is 17.2 Å². The second kappa shape index (κ2) is 23.4. The Morgan fingerprint density at radius 3 is 0.750 bits per heavy atom. The largest absolute Gasteiger partial charge is 0.675 e. The SMILES string of the molecule is CC(C)(C)[N]=[Ta].CCC([NH-])CC.CCC([NH-])CC.CCC([NH-])CC. The van der Waals surface area contributed by atoms with Gasteiger partial charge in [0.1, 0.15) is 0 Å². The van der Waals surface area contributed by atoms with Crippen LogP contribution in [0.3, 0.4) is 0 Å². The molecule has 149 valence electrons. The number of hydrogen-bond acceptors (Lipinski definition) is 1. The topological polar surface area (TPSA) is 83.8 Å². The van der Waals surface area contributed by atoms with Gasteiger partial charge in [0.05, 0.1) is 0 Å². The summed E-state index contributed by atoms with van der Waals surface area (Å²) in [5.41, 5.74) is 21.4. The normalized spacial score (nSPS) is 10.2. The Labute approximate surface area is 165 Å². The average molecular weight is 511 g/mol. The Bertz CT molecular complexity index is 194. The van der Waals surface area contributed by atoms with E-state index in [9.17, 15) is 0 Å². The number of nitrogens with zero attached hydrogens (tertiary/aromatic N) is 1. The summed E-state index contributed by atoms with van der Waals surface area (Å²) < 4.78 is 4.13. The van der Waals surface area contributed by atoms with Crippen LogP contribution in [-0.2, 0) is 20.9 Å². The smallest absolute Gasteiger partial charge is 0.0668 e. The van der Waals surface area contributed by atoms with Crippen LogP contribution in [0.4, 0.5) is 0 Å². The van der Waals surface area contributed by atoms with Gasteiger partial charge in [0.2, 0.25) is 0 Å². The van der Waals surface area contributed by atoms with Crippen LogP contribution in [0.25, 0.3) is 17.2 Å². The van der Waals surface area contributed by atoms with Gasteiger partial charge in [-0.15, -0.1) is 18.1 Å². The van der Waals surface area contributed by atoms with Crippen molar-refractivity contribution >= 4 is 0 Å². The first-order valence-corrected chi connectivity index (χ1v) is 10.9. The third-order valence-electron chi connectivity index (χ3n) is 3.26. The molecule has 0 radical (unpaired) electrons. The Kier molecular flexibility index (Phi) is 31.3. The predicted molar refractivity (Wildman–Crippen MR) is 108 cm³/mol. The maximum Gasteiger partial charge on any atom is -0.0668 e. The molecule has 0 fully saturated rings. The minimum Gasteiger partial charge on any atom is -0.675 e. The van der Waals surface area contributed by atoms with E-state index in [1.807, 2.05) is 41.5 Å². The third-order valence-corrected chi connectivity index (χ3v) is 5.41. The number of hydrogen-bond donors (Lipinski definition) is 0. The predicted octanol–water partition coefficient (Wildman–Crippen LogP) is 8.20. The van der Waals surface area contributed by atoms with Crippen molar-refractivity contribution in [1.82, 2.24) is 0 Å². The minimum atomic E-state index is 0.185. The molecular weight excluding hydrogens is 465 g/mol. The molecule has 0 heterocycles. The van der Waals surface area contributed by atoms with Gasteiger partial charge in [-0.1, -0.05) is 80.1 Å². The van der Waals surface area contributed by atoms with E-state index in [1.165, 1.54) is 0 Å². The van der Waals surface area contributed by atoms with Crippen LogP contribution >= 0.6 is 0 Å². The van der Waals surface area contributed by atoms with Crippen LogP contribution < -0.4 is 0 Å². The van der Waals surface area contributed by atoms with Crippen LogP contribution in [0, 0.1) is 0 Å². The molecule has 0 amide bonds. The van der Waals surface area contributed by atoms with E-state index >= 15 is 0 Å². The van der Waals surface area contributed by atoms with Gasteiger partial charge in [-0.3, -0.25) is 0 Å². The molecule has 0 aliphatic carbocycles. The molecule has 24 heavy (non-hydrogen) atoms. The van der Waals surface area contributed by atoms with Crippen molar-refractivity contribution in [3.8, 4) is 0 Å². The molecular formula is C19H45N4Ta-3. The summed E-state index contributed by atoms with van der Waals surface area (Å²) in [5, 5.41) is 0. The van der Waals surface area contributed by atoms with E-state index in [0.717, 1.165) is 59.4 Å². The van der Waals surface area contributed by atoms with E-state index in [4.69, 9.17) is 17.2 Å². The fourth-order valence-corrected chi connectivity index (χ4v) is 0.866. The molecule has 0 bridgehead atoms. The summed E-state index contributed by atoms with van der Waals surface area (Å²) in [7, 11) is 0. The van der Waals surface area contributed by atoms with Gasteiger partial charge in [0.25, 0.3) is 0 Å². The van der Waals surface area contributed by atoms with E-state index < -0.39 is 0 Å². The zero-order valence-electron chi connectivity index (χ0n) is 17.9. The standard InChI is InChI=1S/3C5H12N.C4H9N.Ta/c3*1-3-5(6)4-2;1-4(2,3)5;/h3*5-6H,3-4H2,1-2H3;1-3H3;/q3*-1;;. The Balaban J connectivity index is -0.000000111. The second-order valence-electron chi connectivity index (χ2n) is 6.81. The molecule has 0 rings (SSSR count). The molecule has 0 aromatic carbocycles. The van der Waals surface area contributed by atoms with Crippen molar-refractivity contribution in [2.45, 2.75) is 125 Å². The molecule has 0 aliphatic heterocycles. The van der Waals surface area contributed by atoms with E-state index in [-0.39, 0.29) is 23.7 Å². The van der Waals surface area contributed by atoms with Gasteiger partial charge in [-0.25, -0.2) is 0 Å². The maximum atomic E-state index is 7.07. The first kappa shape index (κ1) is 32.1. The molecule has 5 heteroatoms. The molecule has 0 saturated carbocycles. The molecule has 0 atom stereocenters. The van der Waals surface area contributed by atoms with Crippen molar-refractivity contribution in [3.63, 3.8) is 0 Å². The summed E-state index contributed by atoms with van der Waals surface area (Å²) in [6, 6.07) is 0.556. The number of rotatable bonds is 6. The maximum absolute atomic E-state index is 7.07. The molecule has 4 nitrogen and oxygen atoms in total. The minimum absolute atomic E-state index is 0.185. The summed E-state index contributed by atoms with van der Waals surface area (Å²) in [6.45, 7) is 18.6. The second-order valence-corrected chi connectivity index (χ2v) is 7.53. The Hall–Kier alpha value is 0.420. The molecule has 0 saturated heterocycles. The van der Waals surface area contributed by atoms with Crippen LogP contribution in [0.2, 0.25) is 0 Å². The quantitative estimate of drug-likeness (QED) is 0.345. The fourth-order valence-electron chi connectivity index (χ4n) is 0.866. The van der Waals surface area contributed by atoms with Crippen LogP contribution in [-0.4, -0.2) is 23.7 Å². The third kappa shape index (κ3) is 43.3. The van der Waals surface area contributed by atoms with Crippen molar-refractivity contribution in [2.75, 3.05) is 0 Å². The summed E-state index contributed by atoms with van der Waals surface area (Å²) in [6.07, 6.45) is 5.98. The summed E-state index contributed by atoms with van der Waals surface area (Å²) in [5.74, 6) is 0. The first-order chi connectivity index (χ1) is 11.0. The van der Waals surface area contributed by atoms with Gasteiger partial charge in [-0.2, -0.15) is 0 Å². The van der Waals surface area contributed by atoms with Gasteiger partial charge in [-0.05, 0) is 0 Å².